The van der Waals surface area contributed by atoms with Gasteiger partial charge in [-0.05, 0) is 63.6 Å². The number of piperidine rings is 1. The van der Waals surface area contributed by atoms with Crippen molar-refractivity contribution >= 4 is 23.6 Å². The second-order valence-electron chi connectivity index (χ2n) is 10.7. The van der Waals surface area contributed by atoms with E-state index in [1.165, 1.54) is 11.3 Å². The molecule has 0 aliphatic carbocycles. The lowest BCUT2D eigenvalue weighted by molar-refractivity contribution is 0.0194. The zero-order chi connectivity index (χ0) is 24.6. The predicted octanol–water partition coefficient (Wildman–Crippen LogP) is 5.22. The molecule has 0 aromatic heterocycles. The van der Waals surface area contributed by atoms with Crippen LogP contribution >= 0.6 is 0 Å². The van der Waals surface area contributed by atoms with E-state index >= 15 is 0 Å². The summed E-state index contributed by atoms with van der Waals surface area (Å²) < 4.78 is 11.3. The number of rotatable bonds is 3. The molecule has 2 amide bonds. The first-order valence-corrected chi connectivity index (χ1v) is 12.6. The van der Waals surface area contributed by atoms with Gasteiger partial charge in [-0.3, -0.25) is 4.90 Å². The third kappa shape index (κ3) is 4.95. The summed E-state index contributed by atoms with van der Waals surface area (Å²) in [5.74, 6) is 0.431. The van der Waals surface area contributed by atoms with E-state index in [-0.39, 0.29) is 24.8 Å². The highest BCUT2D eigenvalue weighted by molar-refractivity contribution is 5.92. The van der Waals surface area contributed by atoms with Crippen LogP contribution in [0.25, 0.3) is 0 Å². The Bertz CT molecular complexity index is 1080. The number of benzene rings is 2. The molecule has 186 valence electrons. The van der Waals surface area contributed by atoms with Crippen LogP contribution in [0.4, 0.5) is 21.0 Å². The highest BCUT2D eigenvalue weighted by Crippen LogP contribution is 2.40. The molecular weight excluding hydrogens is 442 g/mol. The zero-order valence-electron chi connectivity index (χ0n) is 20.9. The number of hydrogen-bond acceptors (Lipinski definition) is 5. The Morgan fingerprint density at radius 1 is 0.914 bits per heavy atom. The molecule has 35 heavy (non-hydrogen) atoms. The largest absolute Gasteiger partial charge is 0.444 e. The minimum atomic E-state index is -0.478. The molecule has 2 saturated heterocycles. The standard InChI is InChI=1S/C28H35N3O4/c1-28(2,3)35-27(33)30-16-12-21-18-29(15-14-23(21)30)24-10-7-11-25-22(24)13-17-31(25)26(32)34-19-20-8-5-4-6-9-20/h4-11,21,23H,12-19H2,1-3H3/t21-,23+/m1/s1. The number of nitrogens with zero attached hydrogens (tertiary/aromatic N) is 3. The maximum atomic E-state index is 12.9. The molecule has 2 aromatic carbocycles. The number of ether oxygens (including phenoxy) is 2. The number of likely N-dealkylation sites (tertiary alicyclic amines) is 1. The smallest absolute Gasteiger partial charge is 0.414 e. The lowest BCUT2D eigenvalue weighted by Gasteiger charge is -2.40. The second kappa shape index (κ2) is 9.44. The third-order valence-electron chi connectivity index (χ3n) is 7.23. The van der Waals surface area contributed by atoms with Gasteiger partial charge in [-0.25, -0.2) is 9.59 Å². The van der Waals surface area contributed by atoms with Crippen molar-refractivity contribution in [2.75, 3.05) is 36.0 Å². The fourth-order valence-electron chi connectivity index (χ4n) is 5.65. The number of hydrogen-bond donors (Lipinski definition) is 0. The van der Waals surface area contributed by atoms with Gasteiger partial charge in [0.25, 0.3) is 0 Å². The lowest BCUT2D eigenvalue weighted by atomic mass is 9.92. The summed E-state index contributed by atoms with van der Waals surface area (Å²) in [6, 6.07) is 16.2. The maximum Gasteiger partial charge on any atom is 0.414 e. The predicted molar refractivity (Wildman–Crippen MR) is 136 cm³/mol. The van der Waals surface area contributed by atoms with Gasteiger partial charge in [-0.2, -0.15) is 0 Å². The summed E-state index contributed by atoms with van der Waals surface area (Å²) in [5.41, 5.74) is 3.87. The second-order valence-corrected chi connectivity index (χ2v) is 10.7. The van der Waals surface area contributed by atoms with Crippen molar-refractivity contribution < 1.29 is 19.1 Å². The van der Waals surface area contributed by atoms with E-state index in [2.05, 4.69) is 11.0 Å². The zero-order valence-corrected chi connectivity index (χ0v) is 20.9. The molecule has 7 nitrogen and oxygen atoms in total. The van der Waals surface area contributed by atoms with Crippen LogP contribution < -0.4 is 9.80 Å². The Morgan fingerprint density at radius 3 is 2.46 bits per heavy atom. The first kappa shape index (κ1) is 23.5. The molecule has 5 rings (SSSR count). The number of carbonyl (C=O) groups excluding carboxylic acids is 2. The van der Waals surface area contributed by atoms with Gasteiger partial charge in [0.05, 0.1) is 5.69 Å². The minimum Gasteiger partial charge on any atom is -0.444 e. The number of anilines is 2. The summed E-state index contributed by atoms with van der Waals surface area (Å²) in [6.45, 7) is 9.20. The van der Waals surface area contributed by atoms with Crippen LogP contribution in [0, 0.1) is 5.92 Å². The summed E-state index contributed by atoms with van der Waals surface area (Å²) in [6.07, 6.45) is 2.25. The highest BCUT2D eigenvalue weighted by Gasteiger charge is 2.42. The first-order chi connectivity index (χ1) is 16.8. The van der Waals surface area contributed by atoms with Gasteiger partial charge in [-0.15, -0.1) is 0 Å². The van der Waals surface area contributed by atoms with Crippen LogP contribution in [-0.2, 0) is 22.5 Å². The van der Waals surface area contributed by atoms with Crippen molar-refractivity contribution in [3.05, 3.63) is 59.7 Å². The fourth-order valence-corrected chi connectivity index (χ4v) is 5.65. The lowest BCUT2D eigenvalue weighted by Crippen LogP contribution is -2.48. The van der Waals surface area contributed by atoms with E-state index in [9.17, 15) is 9.59 Å². The number of carbonyl (C=O) groups is 2. The fraction of sp³-hybridized carbons (Fsp3) is 0.500. The average molecular weight is 478 g/mol. The molecule has 3 heterocycles. The van der Waals surface area contributed by atoms with Gasteiger partial charge in [-0.1, -0.05) is 36.4 Å². The van der Waals surface area contributed by atoms with Crippen molar-refractivity contribution in [2.24, 2.45) is 5.92 Å². The molecule has 3 aliphatic heterocycles. The van der Waals surface area contributed by atoms with Crippen molar-refractivity contribution in [2.45, 2.75) is 58.3 Å². The van der Waals surface area contributed by atoms with Crippen molar-refractivity contribution in [1.82, 2.24) is 4.90 Å². The number of amides is 2. The molecule has 0 unspecified atom stereocenters. The Hall–Kier alpha value is -3.22. The van der Waals surface area contributed by atoms with E-state index < -0.39 is 5.60 Å². The van der Waals surface area contributed by atoms with Crippen molar-refractivity contribution in [3.8, 4) is 0 Å². The van der Waals surface area contributed by atoms with Crippen LogP contribution in [-0.4, -0.2) is 54.9 Å². The molecule has 0 saturated carbocycles. The summed E-state index contributed by atoms with van der Waals surface area (Å²) in [7, 11) is 0. The van der Waals surface area contributed by atoms with Crippen LogP contribution in [0.5, 0.6) is 0 Å². The topological polar surface area (TPSA) is 62.3 Å². The molecule has 3 aliphatic rings. The monoisotopic (exact) mass is 477 g/mol. The average Bonchev–Trinajstić information content (AvgIpc) is 3.46. The third-order valence-corrected chi connectivity index (χ3v) is 7.23. The molecular formula is C28H35N3O4. The molecule has 0 bridgehead atoms. The van der Waals surface area contributed by atoms with E-state index in [1.54, 1.807) is 4.90 Å². The maximum absolute atomic E-state index is 12.9. The van der Waals surface area contributed by atoms with Gasteiger partial charge < -0.3 is 19.3 Å². The highest BCUT2D eigenvalue weighted by atomic mass is 16.6. The minimum absolute atomic E-state index is 0.191. The summed E-state index contributed by atoms with van der Waals surface area (Å²) in [4.78, 5) is 31.7. The Balaban J connectivity index is 1.25. The molecule has 0 spiro atoms. The van der Waals surface area contributed by atoms with Gasteiger partial charge in [0, 0.05) is 43.5 Å². The van der Waals surface area contributed by atoms with Crippen LogP contribution in [0.1, 0.15) is 44.7 Å². The first-order valence-electron chi connectivity index (χ1n) is 12.6. The quantitative estimate of drug-likeness (QED) is 0.606. The van der Waals surface area contributed by atoms with E-state index in [0.29, 0.717) is 12.5 Å². The van der Waals surface area contributed by atoms with Gasteiger partial charge in [0.1, 0.15) is 12.2 Å². The normalized spacial score (nSPS) is 21.5. The van der Waals surface area contributed by atoms with E-state index in [0.717, 1.165) is 50.1 Å². The molecule has 7 heteroatoms. The SMILES string of the molecule is CC(C)(C)OC(=O)N1CC[C@@H]2CN(c3cccc4c3CCN4C(=O)OCc3ccccc3)CC[C@@H]21. The van der Waals surface area contributed by atoms with Crippen LogP contribution in [0.3, 0.4) is 0 Å². The molecule has 0 radical (unpaired) electrons. The Morgan fingerprint density at radius 2 is 1.69 bits per heavy atom. The van der Waals surface area contributed by atoms with E-state index in [1.807, 2.05) is 68.1 Å². The molecule has 2 aromatic rings. The van der Waals surface area contributed by atoms with Crippen molar-refractivity contribution in [1.29, 1.82) is 0 Å². The van der Waals surface area contributed by atoms with Crippen LogP contribution in [0.15, 0.2) is 48.5 Å². The molecule has 0 N–H and O–H groups in total. The van der Waals surface area contributed by atoms with Crippen LogP contribution in [0.2, 0.25) is 0 Å². The number of fused-ring (bicyclic) bond motifs is 2. The summed E-state index contributed by atoms with van der Waals surface area (Å²) in [5, 5.41) is 0. The Kier molecular flexibility index (Phi) is 6.34. The molecule has 2 fully saturated rings. The van der Waals surface area contributed by atoms with Gasteiger partial charge >= 0.3 is 12.2 Å². The van der Waals surface area contributed by atoms with Crippen molar-refractivity contribution in [3.63, 3.8) is 0 Å². The Labute approximate surface area is 207 Å². The summed E-state index contributed by atoms with van der Waals surface area (Å²) >= 11 is 0. The van der Waals surface area contributed by atoms with Gasteiger partial charge in [0.2, 0.25) is 0 Å². The van der Waals surface area contributed by atoms with E-state index in [4.69, 9.17) is 9.47 Å². The van der Waals surface area contributed by atoms with Gasteiger partial charge in [0.15, 0.2) is 0 Å². The molecule has 2 atom stereocenters.